The Bertz CT molecular complexity index is 461. The van der Waals surface area contributed by atoms with Gasteiger partial charge in [0.25, 0.3) is 5.91 Å². The first kappa shape index (κ1) is 14.9. The molecule has 0 heterocycles. The third-order valence-corrected chi connectivity index (χ3v) is 4.52. The van der Waals surface area contributed by atoms with E-state index in [9.17, 15) is 9.90 Å². The van der Waals surface area contributed by atoms with E-state index in [1.807, 2.05) is 12.1 Å². The minimum atomic E-state index is -0.0243. The highest BCUT2D eigenvalue weighted by atomic mass is 79.9. The standard InChI is InChI=1S/C14H18BrNO2S/c15-13-6-5-11(19)9-12(13)14(18)16(7-8-17)10-3-1-2-4-10/h5-6,9-10,17,19H,1-4,7-8H2. The number of benzene rings is 1. The average Bonchev–Trinajstić information content (AvgIpc) is 2.92. The van der Waals surface area contributed by atoms with E-state index in [2.05, 4.69) is 28.6 Å². The fourth-order valence-corrected chi connectivity index (χ4v) is 3.23. The summed E-state index contributed by atoms with van der Waals surface area (Å²) < 4.78 is 0.774. The van der Waals surface area contributed by atoms with Crippen LogP contribution in [0.3, 0.4) is 0 Å². The molecule has 0 atom stereocenters. The zero-order chi connectivity index (χ0) is 13.8. The Morgan fingerprint density at radius 3 is 2.74 bits per heavy atom. The first-order valence-electron chi connectivity index (χ1n) is 6.54. The molecule has 0 unspecified atom stereocenters. The smallest absolute Gasteiger partial charge is 0.255 e. The van der Waals surface area contributed by atoms with Gasteiger partial charge in [0.05, 0.1) is 12.2 Å². The zero-order valence-corrected chi connectivity index (χ0v) is 13.2. The first-order valence-corrected chi connectivity index (χ1v) is 7.78. The maximum atomic E-state index is 12.6. The largest absolute Gasteiger partial charge is 0.395 e. The molecule has 104 valence electrons. The van der Waals surface area contributed by atoms with Crippen LogP contribution in [-0.4, -0.2) is 35.1 Å². The number of amides is 1. The third kappa shape index (κ3) is 3.52. The summed E-state index contributed by atoms with van der Waals surface area (Å²) in [5, 5.41) is 9.20. The van der Waals surface area contributed by atoms with Crippen molar-refractivity contribution >= 4 is 34.5 Å². The molecule has 0 bridgehead atoms. The molecule has 0 spiro atoms. The van der Waals surface area contributed by atoms with Gasteiger partial charge in [-0.3, -0.25) is 4.79 Å². The van der Waals surface area contributed by atoms with Gasteiger partial charge < -0.3 is 10.0 Å². The minimum Gasteiger partial charge on any atom is -0.395 e. The number of carbonyl (C=O) groups excluding carboxylic acids is 1. The van der Waals surface area contributed by atoms with Crippen molar-refractivity contribution in [1.82, 2.24) is 4.90 Å². The van der Waals surface area contributed by atoms with Gasteiger partial charge in [-0.05, 0) is 47.0 Å². The zero-order valence-electron chi connectivity index (χ0n) is 10.7. The highest BCUT2D eigenvalue weighted by molar-refractivity contribution is 9.10. The van der Waals surface area contributed by atoms with E-state index in [1.54, 1.807) is 11.0 Å². The lowest BCUT2D eigenvalue weighted by Gasteiger charge is -2.28. The third-order valence-electron chi connectivity index (χ3n) is 3.55. The molecule has 1 aliphatic rings. The molecular weight excluding hydrogens is 326 g/mol. The van der Waals surface area contributed by atoms with Gasteiger partial charge in [-0.25, -0.2) is 0 Å². The number of nitrogens with zero attached hydrogens (tertiary/aromatic N) is 1. The predicted molar refractivity (Wildman–Crippen MR) is 81.8 cm³/mol. The van der Waals surface area contributed by atoms with Gasteiger partial charge in [-0.1, -0.05) is 12.8 Å². The fourth-order valence-electron chi connectivity index (χ4n) is 2.61. The van der Waals surface area contributed by atoms with Gasteiger partial charge in [0.2, 0.25) is 0 Å². The molecular formula is C14H18BrNO2S. The number of aliphatic hydroxyl groups is 1. The monoisotopic (exact) mass is 343 g/mol. The van der Waals surface area contributed by atoms with E-state index < -0.39 is 0 Å². The Morgan fingerprint density at radius 2 is 2.11 bits per heavy atom. The van der Waals surface area contributed by atoms with Crippen molar-refractivity contribution in [3.63, 3.8) is 0 Å². The molecule has 1 fully saturated rings. The second kappa shape index (κ2) is 6.77. The van der Waals surface area contributed by atoms with Gasteiger partial charge in [0, 0.05) is 22.0 Å². The highest BCUT2D eigenvalue weighted by Gasteiger charge is 2.27. The van der Waals surface area contributed by atoms with Crippen LogP contribution in [0.2, 0.25) is 0 Å². The molecule has 1 aliphatic carbocycles. The van der Waals surface area contributed by atoms with E-state index in [4.69, 9.17) is 0 Å². The van der Waals surface area contributed by atoms with Gasteiger partial charge >= 0.3 is 0 Å². The van der Waals surface area contributed by atoms with E-state index in [-0.39, 0.29) is 18.6 Å². The number of aliphatic hydroxyl groups excluding tert-OH is 1. The van der Waals surface area contributed by atoms with Gasteiger partial charge in [0.1, 0.15) is 0 Å². The van der Waals surface area contributed by atoms with E-state index in [1.165, 1.54) is 0 Å². The number of hydrogen-bond acceptors (Lipinski definition) is 3. The number of hydrogen-bond donors (Lipinski definition) is 2. The van der Waals surface area contributed by atoms with Crippen LogP contribution in [0.15, 0.2) is 27.6 Å². The number of carbonyl (C=O) groups is 1. The number of rotatable bonds is 4. The molecule has 0 saturated heterocycles. The Labute approximate surface area is 127 Å². The molecule has 1 saturated carbocycles. The van der Waals surface area contributed by atoms with Crippen molar-refractivity contribution in [3.8, 4) is 0 Å². The predicted octanol–water partition coefficient (Wildman–Crippen LogP) is 3.11. The number of halogens is 1. The van der Waals surface area contributed by atoms with E-state index in [0.717, 1.165) is 35.1 Å². The SMILES string of the molecule is O=C(c1cc(S)ccc1Br)N(CCO)C1CCCC1. The van der Waals surface area contributed by atoms with Crippen molar-refractivity contribution in [2.24, 2.45) is 0 Å². The molecule has 19 heavy (non-hydrogen) atoms. The quantitative estimate of drug-likeness (QED) is 0.824. The van der Waals surface area contributed by atoms with Crippen LogP contribution in [0, 0.1) is 0 Å². The molecule has 2 rings (SSSR count). The lowest BCUT2D eigenvalue weighted by Crippen LogP contribution is -2.40. The summed E-state index contributed by atoms with van der Waals surface area (Å²) in [7, 11) is 0. The molecule has 0 aromatic heterocycles. The van der Waals surface area contributed by atoms with Crippen molar-refractivity contribution in [3.05, 3.63) is 28.2 Å². The summed E-state index contributed by atoms with van der Waals surface area (Å²) in [5.74, 6) is -0.0243. The molecule has 1 N–H and O–H groups in total. The Balaban J connectivity index is 2.25. The molecule has 1 aromatic rings. The Morgan fingerprint density at radius 1 is 1.42 bits per heavy atom. The summed E-state index contributed by atoms with van der Waals surface area (Å²) in [6, 6.07) is 5.71. The average molecular weight is 344 g/mol. The second-order valence-electron chi connectivity index (χ2n) is 4.82. The molecule has 1 aromatic carbocycles. The van der Waals surface area contributed by atoms with Crippen molar-refractivity contribution in [2.75, 3.05) is 13.2 Å². The second-order valence-corrected chi connectivity index (χ2v) is 6.20. The van der Waals surface area contributed by atoms with Crippen LogP contribution in [0.4, 0.5) is 0 Å². The first-order chi connectivity index (χ1) is 9.13. The normalized spacial score (nSPS) is 15.7. The Hall–Kier alpha value is -0.520. The minimum absolute atomic E-state index is 0.000421. The molecule has 1 amide bonds. The maximum Gasteiger partial charge on any atom is 0.255 e. The molecule has 5 heteroatoms. The summed E-state index contributed by atoms with van der Waals surface area (Å²) in [6.45, 7) is 0.396. The molecule has 0 radical (unpaired) electrons. The van der Waals surface area contributed by atoms with Crippen LogP contribution in [-0.2, 0) is 0 Å². The maximum absolute atomic E-state index is 12.6. The van der Waals surface area contributed by atoms with Crippen LogP contribution < -0.4 is 0 Å². The summed E-state index contributed by atoms with van der Waals surface area (Å²) in [5.41, 5.74) is 0.618. The Kier molecular flexibility index (Phi) is 5.30. The highest BCUT2D eigenvalue weighted by Crippen LogP contribution is 2.27. The molecule has 0 aliphatic heterocycles. The summed E-state index contributed by atoms with van der Waals surface area (Å²) >= 11 is 7.70. The lowest BCUT2D eigenvalue weighted by atomic mass is 10.1. The summed E-state index contributed by atoms with van der Waals surface area (Å²) in [6.07, 6.45) is 4.38. The number of thiol groups is 1. The van der Waals surface area contributed by atoms with Crippen LogP contribution in [0.5, 0.6) is 0 Å². The molecule has 3 nitrogen and oxygen atoms in total. The van der Waals surface area contributed by atoms with Gasteiger partial charge in [0.15, 0.2) is 0 Å². The summed E-state index contributed by atoms with van der Waals surface area (Å²) in [4.78, 5) is 15.2. The van der Waals surface area contributed by atoms with Gasteiger partial charge in [-0.2, -0.15) is 0 Å². The van der Waals surface area contributed by atoms with Crippen LogP contribution in [0.25, 0.3) is 0 Å². The van der Waals surface area contributed by atoms with Crippen LogP contribution in [0.1, 0.15) is 36.0 Å². The van der Waals surface area contributed by atoms with Crippen molar-refractivity contribution in [2.45, 2.75) is 36.6 Å². The topological polar surface area (TPSA) is 40.5 Å². The lowest BCUT2D eigenvalue weighted by molar-refractivity contribution is 0.0637. The van der Waals surface area contributed by atoms with Crippen molar-refractivity contribution < 1.29 is 9.90 Å². The van der Waals surface area contributed by atoms with Gasteiger partial charge in [-0.15, -0.1) is 12.6 Å². The van der Waals surface area contributed by atoms with E-state index >= 15 is 0 Å². The van der Waals surface area contributed by atoms with Crippen LogP contribution >= 0.6 is 28.6 Å². The van der Waals surface area contributed by atoms with E-state index in [0.29, 0.717) is 12.1 Å². The fraction of sp³-hybridized carbons (Fsp3) is 0.500. The van der Waals surface area contributed by atoms with Crippen molar-refractivity contribution in [1.29, 1.82) is 0 Å².